The SMILES string of the molecule is CC(C)(C)OC(=O)[C@H](O)[C@@H](N)c1ccccc1. The quantitative estimate of drug-likeness (QED) is 0.779. The number of hydrogen-bond acceptors (Lipinski definition) is 4. The monoisotopic (exact) mass is 237 g/mol. The minimum Gasteiger partial charge on any atom is -0.458 e. The molecule has 2 atom stereocenters. The third-order valence-corrected chi connectivity index (χ3v) is 2.17. The molecule has 0 aliphatic heterocycles. The van der Waals surface area contributed by atoms with Crippen LogP contribution in [0, 0.1) is 0 Å². The zero-order valence-electron chi connectivity index (χ0n) is 10.4. The van der Waals surface area contributed by atoms with Gasteiger partial charge in [-0.15, -0.1) is 0 Å². The van der Waals surface area contributed by atoms with Crippen LogP contribution >= 0.6 is 0 Å². The molecule has 4 nitrogen and oxygen atoms in total. The summed E-state index contributed by atoms with van der Waals surface area (Å²) in [6, 6.07) is 8.20. The Kier molecular flexibility index (Phi) is 4.26. The van der Waals surface area contributed by atoms with Gasteiger partial charge in [0, 0.05) is 0 Å². The van der Waals surface area contributed by atoms with Gasteiger partial charge < -0.3 is 15.6 Å². The summed E-state index contributed by atoms with van der Waals surface area (Å²) in [7, 11) is 0. The Morgan fingerprint density at radius 1 is 1.29 bits per heavy atom. The highest BCUT2D eigenvalue weighted by atomic mass is 16.6. The molecule has 0 unspecified atom stereocenters. The second-order valence-electron chi connectivity index (χ2n) is 4.91. The number of esters is 1. The van der Waals surface area contributed by atoms with Crippen molar-refractivity contribution in [3.05, 3.63) is 35.9 Å². The van der Waals surface area contributed by atoms with Gasteiger partial charge in [0.15, 0.2) is 6.10 Å². The molecule has 0 aliphatic carbocycles. The van der Waals surface area contributed by atoms with Crippen molar-refractivity contribution in [3.8, 4) is 0 Å². The molecule has 0 aliphatic rings. The lowest BCUT2D eigenvalue weighted by molar-refractivity contribution is -0.166. The fourth-order valence-corrected chi connectivity index (χ4v) is 1.37. The van der Waals surface area contributed by atoms with Crippen LogP contribution in [-0.4, -0.2) is 22.8 Å². The Morgan fingerprint density at radius 3 is 2.29 bits per heavy atom. The average molecular weight is 237 g/mol. The minimum absolute atomic E-state index is 0.630. The normalized spacial score (nSPS) is 15.1. The molecule has 1 rings (SSSR count). The van der Waals surface area contributed by atoms with Crippen LogP contribution in [0.15, 0.2) is 30.3 Å². The molecule has 4 heteroatoms. The molecule has 0 heterocycles. The third kappa shape index (κ3) is 4.17. The maximum absolute atomic E-state index is 11.6. The van der Waals surface area contributed by atoms with Crippen molar-refractivity contribution in [3.63, 3.8) is 0 Å². The molecule has 0 spiro atoms. The third-order valence-electron chi connectivity index (χ3n) is 2.17. The highest BCUT2D eigenvalue weighted by molar-refractivity contribution is 5.76. The molecule has 0 bridgehead atoms. The summed E-state index contributed by atoms with van der Waals surface area (Å²) in [5, 5.41) is 9.80. The van der Waals surface area contributed by atoms with E-state index in [1.54, 1.807) is 45.0 Å². The minimum atomic E-state index is -1.35. The molecule has 0 radical (unpaired) electrons. The largest absolute Gasteiger partial charge is 0.458 e. The van der Waals surface area contributed by atoms with E-state index in [0.717, 1.165) is 0 Å². The van der Waals surface area contributed by atoms with Gasteiger partial charge in [0.05, 0.1) is 6.04 Å². The molecule has 0 aromatic heterocycles. The first-order valence-corrected chi connectivity index (χ1v) is 5.53. The van der Waals surface area contributed by atoms with Crippen molar-refractivity contribution in [1.82, 2.24) is 0 Å². The number of ether oxygens (including phenoxy) is 1. The zero-order valence-corrected chi connectivity index (χ0v) is 10.4. The standard InChI is InChI=1S/C13H19NO3/c1-13(2,3)17-12(16)11(15)10(14)9-7-5-4-6-8-9/h4-8,10-11,15H,14H2,1-3H3/t10-,11+/m0/s1. The first-order valence-electron chi connectivity index (χ1n) is 5.53. The lowest BCUT2D eigenvalue weighted by Crippen LogP contribution is -2.38. The topological polar surface area (TPSA) is 72.5 Å². The average Bonchev–Trinajstić information content (AvgIpc) is 2.26. The Bertz CT molecular complexity index is 370. The maximum Gasteiger partial charge on any atom is 0.337 e. The molecule has 0 fully saturated rings. The number of benzene rings is 1. The lowest BCUT2D eigenvalue weighted by Gasteiger charge is -2.24. The van der Waals surface area contributed by atoms with E-state index in [1.165, 1.54) is 0 Å². The number of hydrogen-bond donors (Lipinski definition) is 2. The van der Waals surface area contributed by atoms with Gasteiger partial charge in [0.2, 0.25) is 0 Å². The lowest BCUT2D eigenvalue weighted by atomic mass is 10.0. The van der Waals surface area contributed by atoms with Gasteiger partial charge in [0.25, 0.3) is 0 Å². The zero-order chi connectivity index (χ0) is 13.1. The molecule has 17 heavy (non-hydrogen) atoms. The summed E-state index contributed by atoms with van der Waals surface area (Å²) >= 11 is 0. The molecular formula is C13H19NO3. The summed E-state index contributed by atoms with van der Waals surface area (Å²) in [5.41, 5.74) is 5.88. The first-order chi connectivity index (χ1) is 7.81. The van der Waals surface area contributed by atoms with E-state index in [0.29, 0.717) is 5.56 Å². The van der Waals surface area contributed by atoms with Gasteiger partial charge in [-0.05, 0) is 26.3 Å². The van der Waals surface area contributed by atoms with E-state index in [1.807, 2.05) is 6.07 Å². The van der Waals surface area contributed by atoms with Crippen LogP contribution in [0.2, 0.25) is 0 Å². The summed E-state index contributed by atoms with van der Waals surface area (Å²) in [5.74, 6) is -0.700. The van der Waals surface area contributed by atoms with Crippen LogP contribution in [0.1, 0.15) is 32.4 Å². The maximum atomic E-state index is 11.6. The highest BCUT2D eigenvalue weighted by Crippen LogP contribution is 2.17. The van der Waals surface area contributed by atoms with Gasteiger partial charge in [-0.1, -0.05) is 30.3 Å². The number of aliphatic hydroxyl groups excluding tert-OH is 1. The van der Waals surface area contributed by atoms with E-state index in [9.17, 15) is 9.90 Å². The van der Waals surface area contributed by atoms with Gasteiger partial charge in [-0.2, -0.15) is 0 Å². The number of nitrogens with two attached hydrogens (primary N) is 1. The second kappa shape index (κ2) is 5.29. The van der Waals surface area contributed by atoms with Crippen molar-refractivity contribution in [2.75, 3.05) is 0 Å². The summed E-state index contributed by atoms with van der Waals surface area (Å²) < 4.78 is 5.07. The second-order valence-corrected chi connectivity index (χ2v) is 4.91. The molecule has 94 valence electrons. The van der Waals surface area contributed by atoms with Gasteiger partial charge in [-0.3, -0.25) is 0 Å². The van der Waals surface area contributed by atoms with Gasteiger partial charge in [-0.25, -0.2) is 4.79 Å². The van der Waals surface area contributed by atoms with Gasteiger partial charge in [0.1, 0.15) is 5.60 Å². The van der Waals surface area contributed by atoms with Crippen molar-refractivity contribution in [2.24, 2.45) is 5.73 Å². The van der Waals surface area contributed by atoms with Crippen molar-refractivity contribution < 1.29 is 14.6 Å². The van der Waals surface area contributed by atoms with Crippen LogP contribution in [0.5, 0.6) is 0 Å². The molecular weight excluding hydrogens is 218 g/mol. The van der Waals surface area contributed by atoms with E-state index in [2.05, 4.69) is 0 Å². The van der Waals surface area contributed by atoms with Crippen LogP contribution < -0.4 is 5.73 Å². The Morgan fingerprint density at radius 2 is 1.82 bits per heavy atom. The molecule has 0 amide bonds. The molecule has 0 saturated heterocycles. The first kappa shape index (κ1) is 13.7. The van der Waals surface area contributed by atoms with Crippen LogP contribution in [0.25, 0.3) is 0 Å². The molecule has 1 aromatic rings. The van der Waals surface area contributed by atoms with Crippen LogP contribution in [0.3, 0.4) is 0 Å². The number of carbonyl (C=O) groups excluding carboxylic acids is 1. The van der Waals surface area contributed by atoms with Crippen molar-refractivity contribution >= 4 is 5.97 Å². The summed E-state index contributed by atoms with van der Waals surface area (Å²) in [6.07, 6.45) is -1.35. The number of rotatable bonds is 3. The van der Waals surface area contributed by atoms with Crippen LogP contribution in [-0.2, 0) is 9.53 Å². The van der Waals surface area contributed by atoms with Crippen LogP contribution in [0.4, 0.5) is 0 Å². The number of aliphatic hydroxyl groups is 1. The van der Waals surface area contributed by atoms with E-state index in [-0.39, 0.29) is 0 Å². The fraction of sp³-hybridized carbons (Fsp3) is 0.462. The van der Waals surface area contributed by atoms with E-state index in [4.69, 9.17) is 10.5 Å². The number of carbonyl (C=O) groups is 1. The van der Waals surface area contributed by atoms with Crippen molar-refractivity contribution in [2.45, 2.75) is 38.5 Å². The Balaban J connectivity index is 2.70. The highest BCUT2D eigenvalue weighted by Gasteiger charge is 2.28. The van der Waals surface area contributed by atoms with E-state index >= 15 is 0 Å². The smallest absolute Gasteiger partial charge is 0.337 e. The molecule has 0 saturated carbocycles. The predicted molar refractivity (Wildman–Crippen MR) is 65.2 cm³/mol. The fourth-order valence-electron chi connectivity index (χ4n) is 1.37. The molecule has 3 N–H and O–H groups in total. The van der Waals surface area contributed by atoms with E-state index < -0.39 is 23.7 Å². The Hall–Kier alpha value is -1.39. The Labute approximate surface area is 101 Å². The van der Waals surface area contributed by atoms with Gasteiger partial charge >= 0.3 is 5.97 Å². The summed E-state index contributed by atoms with van der Waals surface area (Å²) in [6.45, 7) is 5.23. The predicted octanol–water partition coefficient (Wildman–Crippen LogP) is 1.39. The molecule has 1 aromatic carbocycles. The summed E-state index contributed by atoms with van der Waals surface area (Å²) in [4.78, 5) is 11.6. The van der Waals surface area contributed by atoms with Crippen molar-refractivity contribution in [1.29, 1.82) is 0 Å².